The standard InChI is InChI=1S/C13H19N3O3/c1-19-11-3-2-9(8-10(11)17)12(13(14)18)16-6-4-15-5-7-16/h2-3,8,12,15,17H,4-7H2,1H3,(H2,14,18). The highest BCUT2D eigenvalue weighted by atomic mass is 16.5. The van der Waals surface area contributed by atoms with E-state index >= 15 is 0 Å². The third-order valence-electron chi connectivity index (χ3n) is 3.30. The molecule has 0 bridgehead atoms. The zero-order chi connectivity index (χ0) is 13.8. The van der Waals surface area contributed by atoms with Crippen molar-refractivity contribution in [2.24, 2.45) is 5.73 Å². The van der Waals surface area contributed by atoms with Crippen molar-refractivity contribution < 1.29 is 14.6 Å². The third kappa shape index (κ3) is 2.97. The minimum atomic E-state index is -0.515. The van der Waals surface area contributed by atoms with Gasteiger partial charge in [-0.1, -0.05) is 6.07 Å². The highest BCUT2D eigenvalue weighted by Crippen LogP contribution is 2.31. The first-order valence-corrected chi connectivity index (χ1v) is 6.24. The summed E-state index contributed by atoms with van der Waals surface area (Å²) in [4.78, 5) is 13.7. The summed E-state index contributed by atoms with van der Waals surface area (Å²) in [6.45, 7) is 3.15. The second-order valence-electron chi connectivity index (χ2n) is 4.52. The Hall–Kier alpha value is -1.79. The summed E-state index contributed by atoms with van der Waals surface area (Å²) >= 11 is 0. The molecule has 1 heterocycles. The number of piperazine rings is 1. The van der Waals surface area contributed by atoms with Crippen molar-refractivity contribution in [3.05, 3.63) is 23.8 Å². The molecule has 0 aromatic heterocycles. The number of nitrogens with zero attached hydrogens (tertiary/aromatic N) is 1. The van der Waals surface area contributed by atoms with E-state index in [4.69, 9.17) is 10.5 Å². The summed E-state index contributed by atoms with van der Waals surface area (Å²) in [6.07, 6.45) is 0. The Labute approximate surface area is 112 Å². The predicted molar refractivity (Wildman–Crippen MR) is 71.0 cm³/mol. The number of hydrogen-bond acceptors (Lipinski definition) is 5. The van der Waals surface area contributed by atoms with E-state index in [1.54, 1.807) is 12.1 Å². The smallest absolute Gasteiger partial charge is 0.239 e. The van der Waals surface area contributed by atoms with E-state index < -0.39 is 11.9 Å². The first-order chi connectivity index (χ1) is 9.13. The van der Waals surface area contributed by atoms with Crippen molar-refractivity contribution >= 4 is 5.91 Å². The molecule has 1 aliphatic rings. The summed E-state index contributed by atoms with van der Waals surface area (Å²) in [6, 6.07) is 4.42. The molecular weight excluding hydrogens is 246 g/mol. The summed E-state index contributed by atoms with van der Waals surface area (Å²) in [7, 11) is 1.48. The van der Waals surface area contributed by atoms with Crippen LogP contribution in [0.2, 0.25) is 0 Å². The number of aromatic hydroxyl groups is 1. The van der Waals surface area contributed by atoms with Crippen molar-refractivity contribution in [2.45, 2.75) is 6.04 Å². The zero-order valence-corrected chi connectivity index (χ0v) is 10.9. The van der Waals surface area contributed by atoms with Crippen LogP contribution in [0, 0.1) is 0 Å². The van der Waals surface area contributed by atoms with Crippen LogP contribution in [0.3, 0.4) is 0 Å². The average Bonchev–Trinajstić information content (AvgIpc) is 2.40. The summed E-state index contributed by atoms with van der Waals surface area (Å²) in [5.41, 5.74) is 6.19. The van der Waals surface area contributed by atoms with Gasteiger partial charge >= 0.3 is 0 Å². The average molecular weight is 265 g/mol. The van der Waals surface area contributed by atoms with Gasteiger partial charge in [-0.15, -0.1) is 0 Å². The lowest BCUT2D eigenvalue weighted by Crippen LogP contribution is -2.48. The molecule has 0 aliphatic carbocycles. The lowest BCUT2D eigenvalue weighted by molar-refractivity contribution is -0.123. The van der Waals surface area contributed by atoms with Gasteiger partial charge in [0.25, 0.3) is 0 Å². The van der Waals surface area contributed by atoms with Gasteiger partial charge in [0.2, 0.25) is 5.91 Å². The zero-order valence-electron chi connectivity index (χ0n) is 10.9. The number of carbonyl (C=O) groups excluding carboxylic acids is 1. The molecule has 0 saturated carbocycles. The van der Waals surface area contributed by atoms with Gasteiger partial charge in [0.05, 0.1) is 7.11 Å². The van der Waals surface area contributed by atoms with E-state index in [2.05, 4.69) is 5.32 Å². The highest BCUT2D eigenvalue weighted by molar-refractivity contribution is 5.81. The number of nitrogens with two attached hydrogens (primary N) is 1. The summed E-state index contributed by atoms with van der Waals surface area (Å²) in [5, 5.41) is 13.0. The van der Waals surface area contributed by atoms with Crippen LogP contribution in [0.25, 0.3) is 0 Å². The van der Waals surface area contributed by atoms with Crippen LogP contribution in [0.1, 0.15) is 11.6 Å². The molecule has 0 spiro atoms. The lowest BCUT2D eigenvalue weighted by Gasteiger charge is -2.33. The van der Waals surface area contributed by atoms with Crippen LogP contribution in [0.5, 0.6) is 11.5 Å². The van der Waals surface area contributed by atoms with Crippen molar-refractivity contribution in [2.75, 3.05) is 33.3 Å². The topological polar surface area (TPSA) is 87.8 Å². The Morgan fingerprint density at radius 2 is 2.16 bits per heavy atom. The lowest BCUT2D eigenvalue weighted by atomic mass is 10.0. The van der Waals surface area contributed by atoms with Gasteiger partial charge in [0.1, 0.15) is 6.04 Å². The molecule has 4 N–H and O–H groups in total. The number of amides is 1. The predicted octanol–water partition coefficient (Wildman–Crippen LogP) is -0.168. The SMILES string of the molecule is COc1ccc(C(C(N)=O)N2CCNCC2)cc1O. The number of ether oxygens (including phenoxy) is 1. The molecular formula is C13H19N3O3. The number of primary amides is 1. The molecule has 1 aliphatic heterocycles. The number of methoxy groups -OCH3 is 1. The molecule has 6 nitrogen and oxygen atoms in total. The number of phenolic OH excluding ortho intramolecular Hbond substituents is 1. The maximum absolute atomic E-state index is 11.7. The molecule has 1 aromatic carbocycles. The van der Waals surface area contributed by atoms with Crippen LogP contribution in [-0.4, -0.2) is 49.2 Å². The van der Waals surface area contributed by atoms with Gasteiger partial charge in [-0.2, -0.15) is 0 Å². The van der Waals surface area contributed by atoms with Crippen LogP contribution in [0.15, 0.2) is 18.2 Å². The van der Waals surface area contributed by atoms with Gasteiger partial charge in [0, 0.05) is 26.2 Å². The van der Waals surface area contributed by atoms with Crippen LogP contribution < -0.4 is 15.8 Å². The first-order valence-electron chi connectivity index (χ1n) is 6.24. The number of nitrogens with one attached hydrogen (secondary N) is 1. The van der Waals surface area contributed by atoms with E-state index in [1.807, 2.05) is 4.90 Å². The summed E-state index contributed by atoms with van der Waals surface area (Å²) < 4.78 is 5.00. The Morgan fingerprint density at radius 3 is 2.68 bits per heavy atom. The van der Waals surface area contributed by atoms with Gasteiger partial charge in [-0.25, -0.2) is 0 Å². The molecule has 1 unspecified atom stereocenters. The minimum absolute atomic E-state index is 0.0152. The second kappa shape index (κ2) is 5.90. The Bertz CT molecular complexity index is 458. The number of hydrogen-bond donors (Lipinski definition) is 3. The quantitative estimate of drug-likeness (QED) is 0.703. The van der Waals surface area contributed by atoms with E-state index in [0.717, 1.165) is 26.2 Å². The number of benzene rings is 1. The molecule has 1 atom stereocenters. The number of phenols is 1. The second-order valence-corrected chi connectivity index (χ2v) is 4.52. The normalized spacial score (nSPS) is 17.9. The van der Waals surface area contributed by atoms with Crippen LogP contribution in [-0.2, 0) is 4.79 Å². The fourth-order valence-electron chi connectivity index (χ4n) is 2.37. The Kier molecular flexibility index (Phi) is 4.24. The molecule has 1 amide bonds. The minimum Gasteiger partial charge on any atom is -0.504 e. The van der Waals surface area contributed by atoms with Gasteiger partial charge in [0.15, 0.2) is 11.5 Å². The van der Waals surface area contributed by atoms with Crippen LogP contribution in [0.4, 0.5) is 0 Å². The largest absolute Gasteiger partial charge is 0.504 e. The maximum atomic E-state index is 11.7. The fourth-order valence-corrected chi connectivity index (χ4v) is 2.37. The van der Waals surface area contributed by atoms with E-state index in [-0.39, 0.29) is 5.75 Å². The molecule has 1 fully saturated rings. The highest BCUT2D eigenvalue weighted by Gasteiger charge is 2.27. The number of carbonyl (C=O) groups is 1. The molecule has 1 saturated heterocycles. The molecule has 2 rings (SSSR count). The van der Waals surface area contributed by atoms with E-state index in [9.17, 15) is 9.90 Å². The van der Waals surface area contributed by atoms with Crippen molar-refractivity contribution in [1.82, 2.24) is 10.2 Å². The summed E-state index contributed by atoms with van der Waals surface area (Å²) in [5.74, 6) is -0.0138. The first kappa shape index (κ1) is 13.6. The van der Waals surface area contributed by atoms with Crippen molar-refractivity contribution in [1.29, 1.82) is 0 Å². The van der Waals surface area contributed by atoms with Gasteiger partial charge < -0.3 is 20.9 Å². The maximum Gasteiger partial charge on any atom is 0.239 e. The molecule has 1 aromatic rings. The fraction of sp³-hybridized carbons (Fsp3) is 0.462. The van der Waals surface area contributed by atoms with Gasteiger partial charge in [-0.05, 0) is 17.7 Å². The Balaban J connectivity index is 2.28. The molecule has 19 heavy (non-hydrogen) atoms. The third-order valence-corrected chi connectivity index (χ3v) is 3.30. The number of rotatable bonds is 4. The van der Waals surface area contributed by atoms with Crippen LogP contribution >= 0.6 is 0 Å². The Morgan fingerprint density at radius 1 is 1.47 bits per heavy atom. The van der Waals surface area contributed by atoms with Crippen molar-refractivity contribution in [3.8, 4) is 11.5 Å². The molecule has 6 heteroatoms. The molecule has 104 valence electrons. The van der Waals surface area contributed by atoms with Gasteiger partial charge in [-0.3, -0.25) is 9.69 Å². The van der Waals surface area contributed by atoms with E-state index in [1.165, 1.54) is 13.2 Å². The van der Waals surface area contributed by atoms with E-state index in [0.29, 0.717) is 11.3 Å². The van der Waals surface area contributed by atoms with Crippen molar-refractivity contribution in [3.63, 3.8) is 0 Å². The monoisotopic (exact) mass is 265 g/mol. The molecule has 0 radical (unpaired) electrons.